The van der Waals surface area contributed by atoms with E-state index in [9.17, 15) is 9.59 Å². The van der Waals surface area contributed by atoms with E-state index in [2.05, 4.69) is 27.2 Å². The van der Waals surface area contributed by atoms with Gasteiger partial charge >= 0.3 is 12.0 Å². The van der Waals surface area contributed by atoms with Gasteiger partial charge in [-0.25, -0.2) is 9.59 Å². The molecule has 0 aliphatic rings. The summed E-state index contributed by atoms with van der Waals surface area (Å²) in [6.45, 7) is 2.47. The van der Waals surface area contributed by atoms with Crippen molar-refractivity contribution in [3.8, 4) is 12.3 Å². The van der Waals surface area contributed by atoms with Crippen LogP contribution in [-0.2, 0) is 0 Å². The van der Waals surface area contributed by atoms with Crippen LogP contribution in [-0.4, -0.2) is 35.1 Å². The number of rotatable bonds is 4. The number of aromatic carboxylic acids is 1. The third kappa shape index (κ3) is 4.30. The molecule has 1 aromatic rings. The van der Waals surface area contributed by atoms with Crippen LogP contribution in [0.15, 0.2) is 22.7 Å². The zero-order chi connectivity index (χ0) is 14.4. The highest BCUT2D eigenvalue weighted by Gasteiger charge is 2.12. The van der Waals surface area contributed by atoms with Gasteiger partial charge in [0.25, 0.3) is 0 Å². The number of carboxylic acid groups (broad SMARTS) is 1. The van der Waals surface area contributed by atoms with Crippen LogP contribution < -0.4 is 5.32 Å². The van der Waals surface area contributed by atoms with Gasteiger partial charge in [-0.15, -0.1) is 6.42 Å². The summed E-state index contributed by atoms with van der Waals surface area (Å²) in [6, 6.07) is 4.09. The Bertz CT molecular complexity index is 537. The van der Waals surface area contributed by atoms with Crippen molar-refractivity contribution in [2.24, 2.45) is 0 Å². The number of urea groups is 1. The molecule has 2 N–H and O–H groups in total. The van der Waals surface area contributed by atoms with Gasteiger partial charge in [-0.1, -0.05) is 21.9 Å². The Morgan fingerprint density at radius 1 is 1.47 bits per heavy atom. The van der Waals surface area contributed by atoms with E-state index < -0.39 is 5.97 Å². The number of carbonyl (C=O) groups is 2. The van der Waals surface area contributed by atoms with E-state index in [4.69, 9.17) is 11.5 Å². The van der Waals surface area contributed by atoms with Gasteiger partial charge in [0.2, 0.25) is 0 Å². The third-order valence-electron chi connectivity index (χ3n) is 2.35. The molecule has 0 spiro atoms. The SMILES string of the molecule is C#CCN(CC)C(=O)Nc1cc(Br)cc(C(=O)O)c1. The first-order chi connectivity index (χ1) is 8.97. The Balaban J connectivity index is 2.90. The van der Waals surface area contributed by atoms with Gasteiger partial charge in [0.15, 0.2) is 0 Å². The summed E-state index contributed by atoms with van der Waals surface area (Å²) < 4.78 is 0.572. The Kier molecular flexibility index (Phi) is 5.39. The maximum Gasteiger partial charge on any atom is 0.335 e. The Labute approximate surface area is 119 Å². The molecule has 1 aromatic carbocycles. The number of benzene rings is 1. The topological polar surface area (TPSA) is 69.6 Å². The molecule has 1 rings (SSSR count). The molecule has 0 aromatic heterocycles. The highest BCUT2D eigenvalue weighted by Crippen LogP contribution is 2.20. The molecule has 2 amide bonds. The second-order valence-corrected chi connectivity index (χ2v) is 4.60. The van der Waals surface area contributed by atoms with Crippen molar-refractivity contribution < 1.29 is 14.7 Å². The minimum Gasteiger partial charge on any atom is -0.478 e. The van der Waals surface area contributed by atoms with Crippen molar-refractivity contribution in [2.75, 3.05) is 18.4 Å². The van der Waals surface area contributed by atoms with Gasteiger partial charge in [-0.05, 0) is 25.1 Å². The number of amides is 2. The largest absolute Gasteiger partial charge is 0.478 e. The second-order valence-electron chi connectivity index (χ2n) is 3.68. The molecule has 0 saturated carbocycles. The van der Waals surface area contributed by atoms with Crippen LogP contribution in [0.5, 0.6) is 0 Å². The number of nitrogens with zero attached hydrogens (tertiary/aromatic N) is 1. The first-order valence-electron chi connectivity index (χ1n) is 5.51. The molecule has 0 aliphatic heterocycles. The van der Waals surface area contributed by atoms with Gasteiger partial charge in [-0.2, -0.15) is 0 Å². The van der Waals surface area contributed by atoms with Crippen LogP contribution in [0.2, 0.25) is 0 Å². The molecule has 0 aliphatic carbocycles. The molecule has 0 atom stereocenters. The summed E-state index contributed by atoms with van der Waals surface area (Å²) in [5.41, 5.74) is 0.483. The van der Waals surface area contributed by atoms with E-state index in [1.807, 2.05) is 0 Å². The third-order valence-corrected chi connectivity index (χ3v) is 2.80. The normalized spacial score (nSPS) is 9.53. The molecule has 100 valence electrons. The Morgan fingerprint density at radius 3 is 2.68 bits per heavy atom. The van der Waals surface area contributed by atoms with E-state index in [1.54, 1.807) is 13.0 Å². The van der Waals surface area contributed by atoms with Gasteiger partial charge in [0.1, 0.15) is 0 Å². The average molecular weight is 325 g/mol. The van der Waals surface area contributed by atoms with Crippen LogP contribution >= 0.6 is 15.9 Å². The standard InChI is InChI=1S/C13H13BrN2O3/c1-3-5-16(4-2)13(19)15-11-7-9(12(17)18)6-10(14)8-11/h1,6-8H,4-5H2,2H3,(H,15,19)(H,17,18). The summed E-state index contributed by atoms with van der Waals surface area (Å²) in [4.78, 5) is 24.2. The highest BCUT2D eigenvalue weighted by molar-refractivity contribution is 9.10. The van der Waals surface area contributed by atoms with Crippen LogP contribution in [0, 0.1) is 12.3 Å². The summed E-state index contributed by atoms with van der Waals surface area (Å²) in [6.07, 6.45) is 5.17. The van der Waals surface area contributed by atoms with Crippen LogP contribution in [0.4, 0.5) is 10.5 Å². The second kappa shape index (κ2) is 6.81. The zero-order valence-electron chi connectivity index (χ0n) is 10.3. The number of hydrogen-bond acceptors (Lipinski definition) is 2. The molecule has 0 saturated heterocycles. The Hall–Kier alpha value is -2.00. The maximum atomic E-state index is 11.9. The van der Waals surface area contributed by atoms with Crippen molar-refractivity contribution in [3.05, 3.63) is 28.2 Å². The molecular weight excluding hydrogens is 312 g/mol. The lowest BCUT2D eigenvalue weighted by Crippen LogP contribution is -2.35. The van der Waals surface area contributed by atoms with Crippen molar-refractivity contribution in [1.82, 2.24) is 4.90 Å². The average Bonchev–Trinajstić information content (AvgIpc) is 2.34. The highest BCUT2D eigenvalue weighted by atomic mass is 79.9. The molecule has 6 heteroatoms. The molecule has 0 unspecified atom stereocenters. The Morgan fingerprint density at radius 2 is 2.16 bits per heavy atom. The lowest BCUT2D eigenvalue weighted by molar-refractivity contribution is 0.0697. The minimum absolute atomic E-state index is 0.0877. The smallest absolute Gasteiger partial charge is 0.335 e. The monoisotopic (exact) mass is 324 g/mol. The number of anilines is 1. The van der Waals surface area contributed by atoms with Crippen LogP contribution in [0.25, 0.3) is 0 Å². The van der Waals surface area contributed by atoms with E-state index in [-0.39, 0.29) is 18.1 Å². The van der Waals surface area contributed by atoms with Gasteiger partial charge in [0, 0.05) is 16.7 Å². The van der Waals surface area contributed by atoms with Gasteiger partial charge in [-0.3, -0.25) is 0 Å². The lowest BCUT2D eigenvalue weighted by atomic mass is 10.2. The quantitative estimate of drug-likeness (QED) is 0.836. The van der Waals surface area contributed by atoms with E-state index >= 15 is 0 Å². The van der Waals surface area contributed by atoms with E-state index in [0.717, 1.165) is 0 Å². The predicted octanol–water partition coefficient (Wildman–Crippen LogP) is 2.63. The van der Waals surface area contributed by atoms with Crippen molar-refractivity contribution in [3.63, 3.8) is 0 Å². The van der Waals surface area contributed by atoms with Crippen LogP contribution in [0.1, 0.15) is 17.3 Å². The number of nitrogens with one attached hydrogen (secondary N) is 1. The van der Waals surface area contributed by atoms with Crippen molar-refractivity contribution in [2.45, 2.75) is 6.92 Å². The number of terminal acetylenes is 1. The fourth-order valence-electron chi connectivity index (χ4n) is 1.43. The number of carboxylic acids is 1. The predicted molar refractivity (Wildman–Crippen MR) is 76.2 cm³/mol. The van der Waals surface area contributed by atoms with E-state index in [1.165, 1.54) is 17.0 Å². The first-order valence-corrected chi connectivity index (χ1v) is 6.30. The van der Waals surface area contributed by atoms with Crippen LogP contribution in [0.3, 0.4) is 0 Å². The zero-order valence-corrected chi connectivity index (χ0v) is 11.9. The fourth-order valence-corrected chi connectivity index (χ4v) is 1.92. The molecule has 0 fully saturated rings. The fraction of sp³-hybridized carbons (Fsp3) is 0.231. The summed E-state index contributed by atoms with van der Waals surface area (Å²) >= 11 is 3.20. The summed E-state index contributed by atoms with van der Waals surface area (Å²) in [5.74, 6) is 1.33. The molecule has 0 bridgehead atoms. The molecule has 0 radical (unpaired) electrons. The summed E-state index contributed by atoms with van der Waals surface area (Å²) in [7, 11) is 0. The van der Waals surface area contributed by atoms with E-state index in [0.29, 0.717) is 16.7 Å². The lowest BCUT2D eigenvalue weighted by Gasteiger charge is -2.18. The van der Waals surface area contributed by atoms with Crippen molar-refractivity contribution in [1.29, 1.82) is 0 Å². The number of halogens is 1. The van der Waals surface area contributed by atoms with Gasteiger partial charge < -0.3 is 15.3 Å². The number of hydrogen-bond donors (Lipinski definition) is 2. The minimum atomic E-state index is -1.06. The van der Waals surface area contributed by atoms with Crippen molar-refractivity contribution >= 4 is 33.6 Å². The van der Waals surface area contributed by atoms with Gasteiger partial charge in [0.05, 0.1) is 12.1 Å². The summed E-state index contributed by atoms with van der Waals surface area (Å²) in [5, 5.41) is 11.5. The molecule has 0 heterocycles. The first kappa shape index (κ1) is 15.1. The maximum absolute atomic E-state index is 11.9. The molecule has 5 nitrogen and oxygen atoms in total. The molecule has 19 heavy (non-hydrogen) atoms. The molecular formula is C13H13BrN2O3. The number of carbonyl (C=O) groups excluding carboxylic acids is 1.